The van der Waals surface area contributed by atoms with Crippen molar-refractivity contribution in [3.8, 4) is 5.75 Å². The van der Waals surface area contributed by atoms with Gasteiger partial charge >= 0.3 is 0 Å². The van der Waals surface area contributed by atoms with Crippen molar-refractivity contribution in [2.45, 2.75) is 26.2 Å². The molecule has 1 aliphatic rings. The molecule has 0 atom stereocenters. The Labute approximate surface area is 141 Å². The van der Waals surface area contributed by atoms with Gasteiger partial charge in [-0.05, 0) is 25.0 Å². The lowest BCUT2D eigenvalue weighted by atomic mass is 10.1. The first-order valence-corrected chi connectivity index (χ1v) is 8.21. The second kappa shape index (κ2) is 6.86. The first kappa shape index (κ1) is 16.2. The first-order chi connectivity index (χ1) is 11.7. The number of carbonyl (C=O) groups is 2. The van der Waals surface area contributed by atoms with Crippen molar-refractivity contribution < 1.29 is 14.3 Å². The number of para-hydroxylation sites is 1. The number of ether oxygens (including phenoxy) is 1. The maximum atomic E-state index is 12.9. The highest BCUT2D eigenvalue weighted by Gasteiger charge is 2.31. The van der Waals surface area contributed by atoms with E-state index >= 15 is 0 Å². The van der Waals surface area contributed by atoms with Crippen LogP contribution in [0.1, 0.15) is 36.7 Å². The van der Waals surface area contributed by atoms with E-state index in [1.54, 1.807) is 18.2 Å². The van der Waals surface area contributed by atoms with Gasteiger partial charge < -0.3 is 4.74 Å². The number of nitrogens with zero attached hydrogens (tertiary/aromatic N) is 3. The van der Waals surface area contributed by atoms with Crippen LogP contribution in [-0.2, 0) is 4.79 Å². The van der Waals surface area contributed by atoms with Gasteiger partial charge in [0, 0.05) is 31.0 Å². The van der Waals surface area contributed by atoms with E-state index in [2.05, 4.69) is 4.98 Å². The average Bonchev–Trinajstić information content (AvgIpc) is 3.10. The van der Waals surface area contributed by atoms with Gasteiger partial charge in [0.1, 0.15) is 11.4 Å². The molecule has 0 unspecified atom stereocenters. The van der Waals surface area contributed by atoms with E-state index in [-0.39, 0.29) is 11.8 Å². The van der Waals surface area contributed by atoms with Gasteiger partial charge in [-0.1, -0.05) is 19.1 Å². The molecule has 0 spiro atoms. The SMILES string of the molecule is CCCC(=O)N1CCCN1C(=O)c1cc(OC)c2ccccc2n1. The molecule has 6 heteroatoms. The minimum atomic E-state index is -0.263. The summed E-state index contributed by atoms with van der Waals surface area (Å²) in [6.07, 6.45) is 1.99. The number of hydrazine groups is 1. The van der Waals surface area contributed by atoms with Crippen LogP contribution < -0.4 is 4.74 Å². The van der Waals surface area contributed by atoms with Crippen LogP contribution in [0.4, 0.5) is 0 Å². The van der Waals surface area contributed by atoms with Gasteiger partial charge in [0.15, 0.2) is 0 Å². The van der Waals surface area contributed by atoms with Crippen molar-refractivity contribution in [3.05, 3.63) is 36.0 Å². The molecule has 0 aliphatic carbocycles. The molecule has 24 heavy (non-hydrogen) atoms. The number of methoxy groups -OCH3 is 1. The molecular formula is C18H21N3O3. The van der Waals surface area contributed by atoms with Crippen molar-refractivity contribution in [2.24, 2.45) is 0 Å². The molecule has 2 heterocycles. The molecule has 0 bridgehead atoms. The summed E-state index contributed by atoms with van der Waals surface area (Å²) in [4.78, 5) is 29.6. The standard InChI is InChI=1S/C18H21N3O3/c1-3-7-17(22)20-10-6-11-21(20)18(23)15-12-16(24-2)13-8-4-5-9-14(13)19-15/h4-5,8-9,12H,3,6-7,10-11H2,1-2H3. The molecule has 1 aromatic carbocycles. The highest BCUT2D eigenvalue weighted by Crippen LogP contribution is 2.26. The Kier molecular flexibility index (Phi) is 4.64. The Balaban J connectivity index is 1.94. The quantitative estimate of drug-likeness (QED) is 0.866. The summed E-state index contributed by atoms with van der Waals surface area (Å²) in [7, 11) is 1.57. The molecular weight excluding hydrogens is 306 g/mol. The van der Waals surface area contributed by atoms with E-state index in [0.717, 1.165) is 18.2 Å². The number of rotatable bonds is 4. The van der Waals surface area contributed by atoms with Crippen LogP contribution in [0.2, 0.25) is 0 Å². The molecule has 3 rings (SSSR count). The minimum Gasteiger partial charge on any atom is -0.496 e. The highest BCUT2D eigenvalue weighted by atomic mass is 16.5. The third kappa shape index (κ3) is 2.91. The highest BCUT2D eigenvalue weighted by molar-refractivity contribution is 5.98. The van der Waals surface area contributed by atoms with Gasteiger partial charge in [0.05, 0.1) is 12.6 Å². The van der Waals surface area contributed by atoms with Gasteiger partial charge in [-0.15, -0.1) is 0 Å². The zero-order valence-electron chi connectivity index (χ0n) is 14.0. The Bertz CT molecular complexity index is 775. The maximum absolute atomic E-state index is 12.9. The number of fused-ring (bicyclic) bond motifs is 1. The number of hydrogen-bond acceptors (Lipinski definition) is 4. The summed E-state index contributed by atoms with van der Waals surface area (Å²) < 4.78 is 5.40. The van der Waals surface area contributed by atoms with Gasteiger partial charge in [-0.2, -0.15) is 0 Å². The predicted molar refractivity (Wildman–Crippen MR) is 90.6 cm³/mol. The Morgan fingerprint density at radius 3 is 2.71 bits per heavy atom. The van der Waals surface area contributed by atoms with Crippen molar-refractivity contribution in [1.29, 1.82) is 0 Å². The topological polar surface area (TPSA) is 62.7 Å². The van der Waals surface area contributed by atoms with Crippen LogP contribution in [-0.4, -0.2) is 47.0 Å². The van der Waals surface area contributed by atoms with Crippen LogP contribution in [0.15, 0.2) is 30.3 Å². The number of aromatic nitrogens is 1. The monoisotopic (exact) mass is 327 g/mol. The minimum absolute atomic E-state index is 0.0175. The van der Waals surface area contributed by atoms with E-state index in [0.29, 0.717) is 36.5 Å². The predicted octanol–water partition coefficient (Wildman–Crippen LogP) is 2.63. The molecule has 0 saturated carbocycles. The Morgan fingerprint density at radius 1 is 1.21 bits per heavy atom. The summed E-state index contributed by atoms with van der Waals surface area (Å²) in [5.74, 6) is 0.326. The third-order valence-electron chi connectivity index (χ3n) is 4.13. The van der Waals surface area contributed by atoms with Crippen molar-refractivity contribution in [1.82, 2.24) is 15.0 Å². The largest absolute Gasteiger partial charge is 0.496 e. The fourth-order valence-corrected chi connectivity index (χ4v) is 2.98. The molecule has 2 amide bonds. The summed E-state index contributed by atoms with van der Waals surface area (Å²) >= 11 is 0. The van der Waals surface area contributed by atoms with Gasteiger partial charge in [0.2, 0.25) is 5.91 Å². The summed E-state index contributed by atoms with van der Waals surface area (Å²) in [6.45, 7) is 3.07. The van der Waals surface area contributed by atoms with Crippen molar-refractivity contribution >= 4 is 22.7 Å². The average molecular weight is 327 g/mol. The molecule has 1 aromatic heterocycles. The molecule has 1 fully saturated rings. The molecule has 6 nitrogen and oxygen atoms in total. The Morgan fingerprint density at radius 2 is 1.96 bits per heavy atom. The Hall–Kier alpha value is -2.63. The molecule has 0 N–H and O–H groups in total. The zero-order chi connectivity index (χ0) is 17.1. The lowest BCUT2D eigenvalue weighted by molar-refractivity contribution is -0.140. The first-order valence-electron chi connectivity index (χ1n) is 8.21. The molecule has 0 radical (unpaired) electrons. The second-order valence-electron chi connectivity index (χ2n) is 5.78. The van der Waals surface area contributed by atoms with E-state index in [9.17, 15) is 9.59 Å². The van der Waals surface area contributed by atoms with Gasteiger partial charge in [0.25, 0.3) is 5.91 Å². The van der Waals surface area contributed by atoms with Gasteiger partial charge in [-0.25, -0.2) is 9.99 Å². The number of pyridine rings is 1. The maximum Gasteiger partial charge on any atom is 0.291 e. The fraction of sp³-hybridized carbons (Fsp3) is 0.389. The molecule has 2 aromatic rings. The zero-order valence-corrected chi connectivity index (χ0v) is 14.0. The third-order valence-corrected chi connectivity index (χ3v) is 4.13. The lowest BCUT2D eigenvalue weighted by Gasteiger charge is -2.27. The molecule has 126 valence electrons. The van der Waals surface area contributed by atoms with Crippen LogP contribution in [0.25, 0.3) is 10.9 Å². The molecule has 1 aliphatic heterocycles. The van der Waals surface area contributed by atoms with Crippen LogP contribution in [0.3, 0.4) is 0 Å². The number of benzene rings is 1. The summed E-state index contributed by atoms with van der Waals surface area (Å²) in [6, 6.07) is 9.17. The van der Waals surface area contributed by atoms with Crippen LogP contribution in [0, 0.1) is 0 Å². The second-order valence-corrected chi connectivity index (χ2v) is 5.78. The normalized spacial score (nSPS) is 14.2. The van der Waals surface area contributed by atoms with Crippen LogP contribution in [0.5, 0.6) is 5.75 Å². The van der Waals surface area contributed by atoms with Crippen molar-refractivity contribution in [2.75, 3.05) is 20.2 Å². The smallest absolute Gasteiger partial charge is 0.291 e. The van der Waals surface area contributed by atoms with E-state index < -0.39 is 0 Å². The van der Waals surface area contributed by atoms with Crippen molar-refractivity contribution in [3.63, 3.8) is 0 Å². The van der Waals surface area contributed by atoms with Crippen LogP contribution >= 0.6 is 0 Å². The molecule has 1 saturated heterocycles. The lowest BCUT2D eigenvalue weighted by Crippen LogP contribution is -2.45. The van der Waals surface area contributed by atoms with E-state index in [4.69, 9.17) is 4.74 Å². The van der Waals surface area contributed by atoms with E-state index in [1.165, 1.54) is 5.01 Å². The number of hydrogen-bond donors (Lipinski definition) is 0. The summed E-state index contributed by atoms with van der Waals surface area (Å²) in [5.41, 5.74) is 0.993. The van der Waals surface area contributed by atoms with Gasteiger partial charge in [-0.3, -0.25) is 14.6 Å². The number of amides is 2. The fourth-order valence-electron chi connectivity index (χ4n) is 2.98. The summed E-state index contributed by atoms with van der Waals surface area (Å²) in [5, 5.41) is 3.92. The van der Waals surface area contributed by atoms with E-state index in [1.807, 2.05) is 31.2 Å². The number of carbonyl (C=O) groups excluding carboxylic acids is 2.